The van der Waals surface area contributed by atoms with Gasteiger partial charge in [0.2, 0.25) is 0 Å². The van der Waals surface area contributed by atoms with Crippen LogP contribution in [0.3, 0.4) is 0 Å². The Hall–Kier alpha value is -3.87. The summed E-state index contributed by atoms with van der Waals surface area (Å²) < 4.78 is 10.6. The molecule has 0 unspecified atom stereocenters. The highest BCUT2D eigenvalue weighted by Crippen LogP contribution is 2.20. The number of aromatic nitrogens is 1. The van der Waals surface area contributed by atoms with Crippen molar-refractivity contribution in [3.63, 3.8) is 0 Å². The summed E-state index contributed by atoms with van der Waals surface area (Å²) in [5.41, 5.74) is 4.50. The quantitative estimate of drug-likeness (QED) is 0.567. The predicted octanol–water partition coefficient (Wildman–Crippen LogP) is 3.58. The maximum absolute atomic E-state index is 12.6. The van der Waals surface area contributed by atoms with E-state index in [0.717, 1.165) is 33.8 Å². The zero-order valence-electron chi connectivity index (χ0n) is 18.7. The second-order valence-electron chi connectivity index (χ2n) is 7.44. The van der Waals surface area contributed by atoms with Crippen molar-refractivity contribution in [2.75, 3.05) is 14.2 Å². The van der Waals surface area contributed by atoms with Gasteiger partial charge in [0.15, 0.2) is 0 Å². The van der Waals surface area contributed by atoms with Crippen LogP contribution in [0.2, 0.25) is 0 Å². The highest BCUT2D eigenvalue weighted by molar-refractivity contribution is 5.99. The monoisotopic (exact) mass is 433 g/mol. The first-order chi connectivity index (χ1) is 15.4. The Bertz CT molecular complexity index is 1040. The molecule has 0 aliphatic rings. The van der Waals surface area contributed by atoms with Crippen molar-refractivity contribution < 1.29 is 19.1 Å². The summed E-state index contributed by atoms with van der Waals surface area (Å²) in [7, 11) is 3.23. The maximum atomic E-state index is 12.6. The van der Waals surface area contributed by atoms with Crippen molar-refractivity contribution in [3.05, 3.63) is 88.2 Å². The Kier molecular flexibility index (Phi) is 7.44. The number of pyridine rings is 1. The fourth-order valence-corrected chi connectivity index (χ4v) is 3.21. The number of benzene rings is 2. The first-order valence-electron chi connectivity index (χ1n) is 10.2. The van der Waals surface area contributed by atoms with Gasteiger partial charge < -0.3 is 20.1 Å². The fourth-order valence-electron chi connectivity index (χ4n) is 3.21. The lowest BCUT2D eigenvalue weighted by atomic mass is 10.1. The summed E-state index contributed by atoms with van der Waals surface area (Å²) in [5, 5.41) is 5.70. The Balaban J connectivity index is 1.61. The molecule has 1 aromatic heterocycles. The molecule has 2 amide bonds. The van der Waals surface area contributed by atoms with Crippen LogP contribution < -0.4 is 20.1 Å². The van der Waals surface area contributed by atoms with E-state index in [1.165, 1.54) is 18.5 Å². The van der Waals surface area contributed by atoms with Gasteiger partial charge in [-0.25, -0.2) is 0 Å². The van der Waals surface area contributed by atoms with Crippen molar-refractivity contribution in [2.24, 2.45) is 0 Å². The lowest BCUT2D eigenvalue weighted by molar-refractivity contribution is 0.0950. The third-order valence-electron chi connectivity index (χ3n) is 5.11. The second kappa shape index (κ2) is 10.4. The van der Waals surface area contributed by atoms with Gasteiger partial charge in [-0.05, 0) is 54.3 Å². The van der Waals surface area contributed by atoms with E-state index in [1.807, 2.05) is 50.2 Å². The van der Waals surface area contributed by atoms with Crippen molar-refractivity contribution in [1.82, 2.24) is 15.6 Å². The Morgan fingerprint density at radius 3 is 1.59 bits per heavy atom. The number of ether oxygens (including phenoxy) is 2. The largest absolute Gasteiger partial charge is 0.496 e. The number of nitrogens with one attached hydrogen (secondary N) is 2. The van der Waals surface area contributed by atoms with E-state index in [1.54, 1.807) is 14.2 Å². The smallest absolute Gasteiger partial charge is 0.253 e. The number of carbonyl (C=O) groups excluding carboxylic acids is 2. The molecule has 0 saturated heterocycles. The van der Waals surface area contributed by atoms with Gasteiger partial charge in [-0.3, -0.25) is 14.6 Å². The molecule has 0 bridgehead atoms. The fraction of sp³-hybridized carbons (Fsp3) is 0.240. The number of hydrogen-bond acceptors (Lipinski definition) is 5. The zero-order valence-corrected chi connectivity index (χ0v) is 18.7. The molecule has 0 atom stereocenters. The van der Waals surface area contributed by atoms with Crippen LogP contribution in [0.1, 0.15) is 43.0 Å². The van der Waals surface area contributed by atoms with Gasteiger partial charge >= 0.3 is 0 Å². The van der Waals surface area contributed by atoms with E-state index in [2.05, 4.69) is 15.6 Å². The standard InChI is InChI=1S/C25H27N3O4/c1-16-5-7-18(9-22(16)31-3)12-27-24(29)20-11-21(15-26-14-20)25(30)28-13-19-8-6-17(2)23(10-19)32-4/h5-11,14-15H,12-13H2,1-4H3,(H,27,29)(H,28,30). The SMILES string of the molecule is COc1cc(CNC(=O)c2cncc(C(=O)NCc3ccc(C)c(OC)c3)c2)ccc1C. The van der Waals surface area contributed by atoms with Crippen LogP contribution in [0.15, 0.2) is 54.9 Å². The topological polar surface area (TPSA) is 89.5 Å². The van der Waals surface area contributed by atoms with Gasteiger partial charge in [-0.1, -0.05) is 24.3 Å². The molecule has 7 heteroatoms. The summed E-state index contributed by atoms with van der Waals surface area (Å²) in [4.78, 5) is 29.2. The minimum atomic E-state index is -0.310. The third-order valence-corrected chi connectivity index (χ3v) is 5.11. The summed E-state index contributed by atoms with van der Waals surface area (Å²) >= 11 is 0. The summed E-state index contributed by atoms with van der Waals surface area (Å²) in [6, 6.07) is 13.0. The second-order valence-corrected chi connectivity index (χ2v) is 7.44. The summed E-state index contributed by atoms with van der Waals surface area (Å²) in [6.45, 7) is 4.58. The van der Waals surface area contributed by atoms with E-state index in [4.69, 9.17) is 9.47 Å². The van der Waals surface area contributed by atoms with Gasteiger partial charge in [-0.15, -0.1) is 0 Å². The molecular weight excluding hydrogens is 406 g/mol. The van der Waals surface area contributed by atoms with Crippen LogP contribution in [-0.2, 0) is 13.1 Å². The molecule has 7 nitrogen and oxygen atoms in total. The van der Waals surface area contributed by atoms with E-state index in [9.17, 15) is 9.59 Å². The van der Waals surface area contributed by atoms with Crippen molar-refractivity contribution in [1.29, 1.82) is 0 Å². The van der Waals surface area contributed by atoms with E-state index in [-0.39, 0.29) is 11.8 Å². The van der Waals surface area contributed by atoms with E-state index < -0.39 is 0 Å². The normalized spacial score (nSPS) is 10.4. The van der Waals surface area contributed by atoms with Gasteiger partial charge in [0.05, 0.1) is 25.3 Å². The number of carbonyl (C=O) groups is 2. The van der Waals surface area contributed by atoms with Crippen molar-refractivity contribution in [3.8, 4) is 11.5 Å². The minimum Gasteiger partial charge on any atom is -0.496 e. The maximum Gasteiger partial charge on any atom is 0.253 e. The number of nitrogens with zero attached hydrogens (tertiary/aromatic N) is 1. The number of hydrogen-bond donors (Lipinski definition) is 2. The van der Waals surface area contributed by atoms with Gasteiger partial charge in [0, 0.05) is 25.5 Å². The van der Waals surface area contributed by atoms with E-state index >= 15 is 0 Å². The van der Waals surface area contributed by atoms with Crippen LogP contribution >= 0.6 is 0 Å². The molecule has 0 saturated carbocycles. The van der Waals surface area contributed by atoms with E-state index in [0.29, 0.717) is 24.2 Å². The van der Waals surface area contributed by atoms with Crippen LogP contribution in [0.4, 0.5) is 0 Å². The van der Waals surface area contributed by atoms with Crippen LogP contribution in [0.25, 0.3) is 0 Å². The Labute approximate surface area is 187 Å². The third kappa shape index (κ3) is 5.63. The lowest BCUT2D eigenvalue weighted by Crippen LogP contribution is -2.25. The number of methoxy groups -OCH3 is 2. The number of amides is 2. The van der Waals surface area contributed by atoms with Gasteiger partial charge in [-0.2, -0.15) is 0 Å². The molecule has 0 spiro atoms. The Morgan fingerprint density at radius 2 is 1.19 bits per heavy atom. The predicted molar refractivity (Wildman–Crippen MR) is 122 cm³/mol. The first-order valence-corrected chi connectivity index (χ1v) is 10.2. The highest BCUT2D eigenvalue weighted by Gasteiger charge is 2.12. The molecule has 2 N–H and O–H groups in total. The van der Waals surface area contributed by atoms with Crippen LogP contribution in [0, 0.1) is 13.8 Å². The highest BCUT2D eigenvalue weighted by atomic mass is 16.5. The molecule has 3 aromatic rings. The van der Waals surface area contributed by atoms with Crippen molar-refractivity contribution >= 4 is 11.8 Å². The van der Waals surface area contributed by atoms with Gasteiger partial charge in [0.25, 0.3) is 11.8 Å². The molecule has 2 aromatic carbocycles. The molecule has 0 radical (unpaired) electrons. The summed E-state index contributed by atoms with van der Waals surface area (Å²) in [5.74, 6) is 0.913. The zero-order chi connectivity index (χ0) is 23.1. The summed E-state index contributed by atoms with van der Waals surface area (Å²) in [6.07, 6.45) is 2.87. The Morgan fingerprint density at radius 1 is 0.750 bits per heavy atom. The minimum absolute atomic E-state index is 0.310. The molecule has 32 heavy (non-hydrogen) atoms. The average Bonchev–Trinajstić information content (AvgIpc) is 2.82. The lowest BCUT2D eigenvalue weighted by Gasteiger charge is -2.10. The molecule has 0 aliphatic carbocycles. The molecule has 166 valence electrons. The molecule has 3 rings (SSSR count). The molecule has 1 heterocycles. The number of rotatable bonds is 8. The first kappa shape index (κ1) is 22.8. The van der Waals surface area contributed by atoms with Crippen molar-refractivity contribution in [2.45, 2.75) is 26.9 Å². The van der Waals surface area contributed by atoms with Gasteiger partial charge in [0.1, 0.15) is 11.5 Å². The average molecular weight is 434 g/mol. The molecule has 0 aliphatic heterocycles. The van der Waals surface area contributed by atoms with Crippen LogP contribution in [0.5, 0.6) is 11.5 Å². The molecular formula is C25H27N3O4. The molecule has 0 fully saturated rings. The van der Waals surface area contributed by atoms with Crippen LogP contribution in [-0.4, -0.2) is 31.0 Å². The number of aryl methyl sites for hydroxylation is 2.